The van der Waals surface area contributed by atoms with Crippen molar-refractivity contribution in [1.29, 1.82) is 0 Å². The third kappa shape index (κ3) is 8.64. The van der Waals surface area contributed by atoms with Crippen LogP contribution in [0.1, 0.15) is 86.9 Å². The largest absolute Gasteiger partial charge is 0.371 e. The third-order valence-electron chi connectivity index (χ3n) is 16.1. The molecule has 71 heavy (non-hydrogen) atoms. The molecule has 5 N–H and O–H groups in total. The summed E-state index contributed by atoms with van der Waals surface area (Å²) in [5, 5.41) is 20.4. The molecule has 0 bridgehead atoms. The fourth-order valence-corrected chi connectivity index (χ4v) is 12.1. The van der Waals surface area contributed by atoms with Crippen molar-refractivity contribution in [1.82, 2.24) is 56.2 Å². The molecule has 4 fully saturated rings. The molecule has 2 aromatic carbocycles. The average molecular weight is 966 g/mol. The zero-order chi connectivity index (χ0) is 49.2. The van der Waals surface area contributed by atoms with Crippen LogP contribution in [0.3, 0.4) is 0 Å². The number of hydrazone groups is 1. The molecule has 7 aliphatic rings. The van der Waals surface area contributed by atoms with Crippen LogP contribution in [0.25, 0.3) is 22.2 Å². The first kappa shape index (κ1) is 46.5. The summed E-state index contributed by atoms with van der Waals surface area (Å²) in [6.07, 6.45) is 6.63. The molecule has 2 aromatic heterocycles. The molecule has 372 valence electrons. The number of pyridine rings is 1. The molecule has 11 rings (SSSR count). The van der Waals surface area contributed by atoms with Gasteiger partial charge in [0.1, 0.15) is 17.6 Å². The Labute approximate surface area is 412 Å². The highest BCUT2D eigenvalue weighted by Crippen LogP contribution is 2.35. The number of hydrazine groups is 2. The number of rotatable bonds is 10. The Balaban J connectivity index is 0.655. The summed E-state index contributed by atoms with van der Waals surface area (Å²) >= 11 is 0. The van der Waals surface area contributed by atoms with Gasteiger partial charge in [-0.2, -0.15) is 5.10 Å². The summed E-state index contributed by atoms with van der Waals surface area (Å²) in [5.41, 5.74) is 12.2. The predicted octanol–water partition coefficient (Wildman–Crippen LogP) is 3.70. The lowest BCUT2D eigenvalue weighted by Crippen LogP contribution is -2.58. The number of likely N-dealkylation sites (tertiary alicyclic amines) is 1. The number of benzene rings is 2. The summed E-state index contributed by atoms with van der Waals surface area (Å²) in [4.78, 5) is 82.5. The van der Waals surface area contributed by atoms with Gasteiger partial charge in [0.15, 0.2) is 0 Å². The summed E-state index contributed by atoms with van der Waals surface area (Å²) in [7, 11) is 1.89. The Morgan fingerprint density at radius 1 is 0.817 bits per heavy atom. The van der Waals surface area contributed by atoms with E-state index in [4.69, 9.17) is 10.1 Å². The summed E-state index contributed by atoms with van der Waals surface area (Å²) < 4.78 is 0. The van der Waals surface area contributed by atoms with E-state index < -0.39 is 23.8 Å². The maximum absolute atomic E-state index is 13.8. The van der Waals surface area contributed by atoms with Gasteiger partial charge in [-0.15, -0.1) is 10.6 Å². The number of carbonyl (C=O) groups is 5. The zero-order valence-corrected chi connectivity index (χ0v) is 41.1. The van der Waals surface area contributed by atoms with Crippen LogP contribution in [0.15, 0.2) is 71.1 Å². The first-order chi connectivity index (χ1) is 34.3. The molecule has 7 aliphatic heterocycles. The molecule has 0 spiro atoms. The quantitative estimate of drug-likeness (QED) is 0.144. The fourth-order valence-electron chi connectivity index (χ4n) is 12.1. The first-order valence-electron chi connectivity index (χ1n) is 25.2. The number of nitrogens with zero attached hydrogens (tertiary/aromatic N) is 10. The van der Waals surface area contributed by atoms with E-state index >= 15 is 0 Å². The first-order valence-corrected chi connectivity index (χ1v) is 25.2. The minimum atomic E-state index is -0.964. The number of guanidine groups is 1. The SMILES string of the molecule is CC1=C(C(=O)Nc2ccc3[nH]nc(-c4ccnc(N5C[C@@H](C)N(CC6CCN(CC7CCN(c8ccc9c(c8)C(=O)N(C8CCC(=O)NC8=O)C9=O)CC7)CC6)[C@@H](C)C5)c4)c3c2)[C@H](C)N2NNN=C2N1C. The van der Waals surface area contributed by atoms with E-state index in [0.29, 0.717) is 52.3 Å². The van der Waals surface area contributed by atoms with E-state index in [1.807, 2.05) is 67.3 Å². The average Bonchev–Trinajstić information content (AvgIpc) is 4.10. The van der Waals surface area contributed by atoms with Crippen LogP contribution in [0.5, 0.6) is 0 Å². The molecule has 5 amide bonds. The van der Waals surface area contributed by atoms with E-state index in [1.165, 1.54) is 12.8 Å². The van der Waals surface area contributed by atoms with Crippen LogP contribution in [0, 0.1) is 11.8 Å². The number of hydrogen-bond acceptors (Lipinski definition) is 16. The molecule has 4 aromatic rings. The van der Waals surface area contributed by atoms with Crippen molar-refractivity contribution in [3.63, 3.8) is 0 Å². The Morgan fingerprint density at radius 3 is 2.31 bits per heavy atom. The van der Waals surface area contributed by atoms with Gasteiger partial charge in [-0.25, -0.2) is 15.5 Å². The highest BCUT2D eigenvalue weighted by atomic mass is 16.2. The van der Waals surface area contributed by atoms with E-state index in [0.717, 1.165) is 109 Å². The van der Waals surface area contributed by atoms with Crippen molar-refractivity contribution < 1.29 is 24.0 Å². The zero-order valence-electron chi connectivity index (χ0n) is 41.1. The number of aromatic amines is 1. The molecule has 0 aliphatic carbocycles. The Bertz CT molecular complexity index is 2850. The lowest BCUT2D eigenvalue weighted by atomic mass is 9.91. The minimum Gasteiger partial charge on any atom is -0.371 e. The topological polar surface area (TPSA) is 210 Å². The summed E-state index contributed by atoms with van der Waals surface area (Å²) in [6.45, 7) is 16.6. The molecule has 0 radical (unpaired) electrons. The summed E-state index contributed by atoms with van der Waals surface area (Å²) in [6, 6.07) is 14.9. The molecule has 9 heterocycles. The van der Waals surface area contributed by atoms with Gasteiger partial charge in [0.25, 0.3) is 17.7 Å². The molecule has 4 saturated heterocycles. The second-order valence-electron chi connectivity index (χ2n) is 20.6. The van der Waals surface area contributed by atoms with Crippen LogP contribution in [-0.2, 0) is 14.4 Å². The second kappa shape index (κ2) is 18.7. The smallest absolute Gasteiger partial charge is 0.262 e. The van der Waals surface area contributed by atoms with Crippen LogP contribution in [-0.4, -0.2) is 159 Å². The number of piperidine rings is 3. The number of hydrogen-bond donors (Lipinski definition) is 5. The van der Waals surface area contributed by atoms with Crippen LogP contribution >= 0.6 is 0 Å². The van der Waals surface area contributed by atoms with Crippen LogP contribution in [0.2, 0.25) is 0 Å². The van der Waals surface area contributed by atoms with Gasteiger partial charge < -0.3 is 24.9 Å². The monoisotopic (exact) mass is 966 g/mol. The minimum absolute atomic E-state index is 0.0997. The molecule has 1 unspecified atom stereocenters. The Hall–Kier alpha value is -6.90. The van der Waals surface area contributed by atoms with Gasteiger partial charge in [-0.05, 0) is 133 Å². The molecular formula is C51H63N15O5. The number of amides is 5. The van der Waals surface area contributed by atoms with Gasteiger partial charge in [-0.3, -0.25) is 44.2 Å². The van der Waals surface area contributed by atoms with Crippen molar-refractivity contribution >= 4 is 63.6 Å². The van der Waals surface area contributed by atoms with Crippen molar-refractivity contribution in [3.8, 4) is 11.3 Å². The molecule has 20 heteroatoms. The predicted molar refractivity (Wildman–Crippen MR) is 268 cm³/mol. The number of piperazine rings is 1. The highest BCUT2D eigenvalue weighted by molar-refractivity contribution is 6.23. The number of fused-ring (bicyclic) bond motifs is 3. The van der Waals surface area contributed by atoms with Crippen LogP contribution < -0.4 is 31.5 Å². The normalized spacial score (nSPS) is 25.0. The van der Waals surface area contributed by atoms with Gasteiger partial charge in [0.05, 0.1) is 28.3 Å². The summed E-state index contributed by atoms with van der Waals surface area (Å²) in [5.74, 6) is 0.804. The Kier molecular flexibility index (Phi) is 12.2. The van der Waals surface area contributed by atoms with Gasteiger partial charge in [-0.1, -0.05) is 0 Å². The number of nitrogens with one attached hydrogen (secondary N) is 5. The maximum atomic E-state index is 13.8. The van der Waals surface area contributed by atoms with Gasteiger partial charge in [0, 0.05) is 99.0 Å². The molecule has 0 saturated carbocycles. The number of allylic oxidation sites excluding steroid dienone is 1. The van der Waals surface area contributed by atoms with Gasteiger partial charge in [0.2, 0.25) is 17.8 Å². The van der Waals surface area contributed by atoms with E-state index in [1.54, 1.807) is 12.1 Å². The molecule has 4 atom stereocenters. The number of aromatic nitrogens is 3. The number of imide groups is 2. The second-order valence-corrected chi connectivity index (χ2v) is 20.6. The van der Waals surface area contributed by atoms with Crippen molar-refractivity contribution in [2.75, 3.05) is 74.5 Å². The standard InChI is InChI=1S/C51H63N15O5/c1-29-25-63(43-22-35(12-17-52-43)46-40-23-36(6-9-41(40)55-56-46)53-48(69)45-31(3)60(5)51-57-58-59-66(51)32(45)4)26-30(2)64(29)28-34-13-18-61(19-14-34)27-33-15-20-62(21-16-33)37-7-8-38-39(24-37)50(71)65(49(38)70)42-10-11-44(67)54-47(42)68/h6-9,12,17,22-24,29-30,32-34,42,58-59H,10-11,13-16,18-21,25-28H2,1-5H3,(H,53,69)(H,55,56)(H,54,67,68)/t29-,30+,32-,42?/m0/s1. The van der Waals surface area contributed by atoms with E-state index in [-0.39, 0.29) is 30.7 Å². The fraction of sp³-hybridized carbons (Fsp3) is 0.490. The molecular weight excluding hydrogens is 903 g/mol. The van der Waals surface area contributed by atoms with Crippen molar-refractivity contribution in [3.05, 3.63) is 77.1 Å². The van der Waals surface area contributed by atoms with E-state index in [9.17, 15) is 24.0 Å². The van der Waals surface area contributed by atoms with E-state index in [2.05, 4.69) is 71.4 Å². The van der Waals surface area contributed by atoms with Crippen LogP contribution in [0.4, 0.5) is 17.2 Å². The van der Waals surface area contributed by atoms with Gasteiger partial charge >= 0.3 is 0 Å². The maximum Gasteiger partial charge on any atom is 0.262 e. The lowest BCUT2D eigenvalue weighted by Gasteiger charge is -2.47. The number of carbonyl (C=O) groups excluding carboxylic acids is 5. The highest BCUT2D eigenvalue weighted by Gasteiger charge is 2.45. The lowest BCUT2D eigenvalue weighted by molar-refractivity contribution is -0.136. The number of anilines is 3. The molecule has 20 nitrogen and oxygen atoms in total. The Morgan fingerprint density at radius 2 is 1.55 bits per heavy atom. The van der Waals surface area contributed by atoms with Crippen molar-refractivity contribution in [2.45, 2.75) is 90.4 Å². The van der Waals surface area contributed by atoms with Crippen molar-refractivity contribution in [2.24, 2.45) is 16.9 Å². The number of H-pyrrole nitrogens is 1. The third-order valence-corrected chi connectivity index (χ3v) is 16.1.